The molecule has 1 aliphatic rings. The largest absolute Gasteiger partial charge is 0.374 e. The normalized spacial score (nSPS) is 14.4. The van der Waals surface area contributed by atoms with E-state index in [1.165, 1.54) is 29.8 Å². The average Bonchev–Trinajstić information content (AvgIpc) is 2.50. The topological polar surface area (TPSA) is 49.4 Å². The molecule has 2 aromatic carbocycles. The molecule has 4 nitrogen and oxygen atoms in total. The number of aryl methyl sites for hydroxylation is 1. The summed E-state index contributed by atoms with van der Waals surface area (Å²) in [7, 11) is -1.53. The lowest BCUT2D eigenvalue weighted by Crippen LogP contribution is -2.25. The lowest BCUT2D eigenvalue weighted by atomic mass is 10.0. The van der Waals surface area contributed by atoms with E-state index < -0.39 is 10.0 Å². The molecule has 1 heterocycles. The van der Waals surface area contributed by atoms with Crippen LogP contribution in [0.4, 0.5) is 15.8 Å². The Balaban J connectivity index is 1.78. The molecule has 6 heteroatoms. The molecule has 3 rings (SSSR count). The van der Waals surface area contributed by atoms with Gasteiger partial charge < -0.3 is 4.90 Å². The van der Waals surface area contributed by atoms with Gasteiger partial charge in [-0.25, -0.2) is 12.8 Å². The van der Waals surface area contributed by atoms with Crippen LogP contribution in [0.3, 0.4) is 0 Å². The second-order valence-electron chi connectivity index (χ2n) is 5.86. The van der Waals surface area contributed by atoms with Gasteiger partial charge in [0.1, 0.15) is 5.82 Å². The molecule has 1 aliphatic heterocycles. The number of hydrogen-bond acceptors (Lipinski definition) is 3. The SMILES string of the molecule is CN1CCCc2ccc(NS(=O)(=O)Cc3ccc(F)cc3)cc21. The quantitative estimate of drug-likeness (QED) is 0.934. The van der Waals surface area contributed by atoms with Gasteiger partial charge >= 0.3 is 0 Å². The van der Waals surface area contributed by atoms with Gasteiger partial charge in [0, 0.05) is 19.3 Å². The van der Waals surface area contributed by atoms with E-state index in [0.717, 1.165) is 25.1 Å². The van der Waals surface area contributed by atoms with Gasteiger partial charge in [0.25, 0.3) is 0 Å². The number of nitrogens with zero attached hydrogens (tertiary/aromatic N) is 1. The summed E-state index contributed by atoms with van der Waals surface area (Å²) in [5.74, 6) is -0.558. The van der Waals surface area contributed by atoms with Crippen molar-refractivity contribution in [2.24, 2.45) is 0 Å². The van der Waals surface area contributed by atoms with Crippen LogP contribution in [0.25, 0.3) is 0 Å². The van der Waals surface area contributed by atoms with E-state index >= 15 is 0 Å². The molecule has 0 aliphatic carbocycles. The fourth-order valence-electron chi connectivity index (χ4n) is 2.84. The number of anilines is 2. The van der Waals surface area contributed by atoms with Gasteiger partial charge in [-0.3, -0.25) is 4.72 Å². The Kier molecular flexibility index (Phi) is 4.26. The van der Waals surface area contributed by atoms with Crippen LogP contribution in [0.1, 0.15) is 17.5 Å². The first-order valence-electron chi connectivity index (χ1n) is 7.52. The van der Waals surface area contributed by atoms with Crippen molar-refractivity contribution in [1.29, 1.82) is 0 Å². The van der Waals surface area contributed by atoms with Gasteiger partial charge in [-0.15, -0.1) is 0 Å². The molecular formula is C17H19FN2O2S. The molecule has 0 saturated carbocycles. The molecule has 0 unspecified atom stereocenters. The Morgan fingerprint density at radius 1 is 1.17 bits per heavy atom. The van der Waals surface area contributed by atoms with Gasteiger partial charge in [-0.1, -0.05) is 18.2 Å². The van der Waals surface area contributed by atoms with E-state index in [2.05, 4.69) is 9.62 Å². The first-order chi connectivity index (χ1) is 10.9. The van der Waals surface area contributed by atoms with E-state index in [4.69, 9.17) is 0 Å². The lowest BCUT2D eigenvalue weighted by Gasteiger charge is -2.28. The van der Waals surface area contributed by atoms with E-state index in [0.29, 0.717) is 11.3 Å². The summed E-state index contributed by atoms with van der Waals surface area (Å²) >= 11 is 0. The number of benzene rings is 2. The maximum absolute atomic E-state index is 12.9. The molecule has 0 atom stereocenters. The van der Waals surface area contributed by atoms with E-state index in [1.807, 2.05) is 19.2 Å². The summed E-state index contributed by atoms with van der Waals surface area (Å²) in [6, 6.07) is 11.1. The highest BCUT2D eigenvalue weighted by Gasteiger charge is 2.16. The van der Waals surface area contributed by atoms with Crippen LogP contribution < -0.4 is 9.62 Å². The van der Waals surface area contributed by atoms with Crippen LogP contribution >= 0.6 is 0 Å². The number of rotatable bonds is 4. The molecule has 0 bridgehead atoms. The summed E-state index contributed by atoms with van der Waals surface area (Å²) in [4.78, 5) is 2.14. The molecule has 0 fully saturated rings. The van der Waals surface area contributed by atoms with E-state index in [9.17, 15) is 12.8 Å². The second-order valence-corrected chi connectivity index (χ2v) is 7.58. The third-order valence-electron chi connectivity index (χ3n) is 3.98. The Hall–Kier alpha value is -2.08. The van der Waals surface area contributed by atoms with Gasteiger partial charge in [0.05, 0.1) is 11.4 Å². The second kappa shape index (κ2) is 6.20. The predicted molar refractivity (Wildman–Crippen MR) is 90.7 cm³/mol. The zero-order valence-electron chi connectivity index (χ0n) is 12.9. The van der Waals surface area contributed by atoms with Crippen molar-refractivity contribution >= 4 is 21.4 Å². The third-order valence-corrected chi connectivity index (χ3v) is 5.24. The molecule has 0 spiro atoms. The number of halogens is 1. The van der Waals surface area contributed by atoms with Crippen molar-refractivity contribution in [1.82, 2.24) is 0 Å². The number of sulfonamides is 1. The summed E-state index contributed by atoms with van der Waals surface area (Å²) in [6.07, 6.45) is 2.13. The molecule has 0 aromatic heterocycles. The molecule has 0 radical (unpaired) electrons. The Morgan fingerprint density at radius 3 is 2.65 bits per heavy atom. The first-order valence-corrected chi connectivity index (χ1v) is 9.17. The maximum Gasteiger partial charge on any atom is 0.236 e. The smallest absolute Gasteiger partial charge is 0.236 e. The average molecular weight is 334 g/mol. The molecule has 1 N–H and O–H groups in total. The van der Waals surface area contributed by atoms with Crippen molar-refractivity contribution < 1.29 is 12.8 Å². The van der Waals surface area contributed by atoms with Crippen LogP contribution in [0, 0.1) is 5.82 Å². The lowest BCUT2D eigenvalue weighted by molar-refractivity contribution is 0.600. The summed E-state index contributed by atoms with van der Waals surface area (Å²) in [6.45, 7) is 0.971. The Morgan fingerprint density at radius 2 is 1.91 bits per heavy atom. The highest BCUT2D eigenvalue weighted by Crippen LogP contribution is 2.29. The summed E-state index contributed by atoms with van der Waals surface area (Å²) in [5, 5.41) is 0. The maximum atomic E-state index is 12.9. The van der Waals surface area contributed by atoms with Crippen molar-refractivity contribution in [3.05, 3.63) is 59.4 Å². The molecule has 0 saturated heterocycles. The monoisotopic (exact) mass is 334 g/mol. The van der Waals surface area contributed by atoms with Crippen molar-refractivity contribution in [3.63, 3.8) is 0 Å². The van der Waals surface area contributed by atoms with Crippen LogP contribution in [0.15, 0.2) is 42.5 Å². The highest BCUT2D eigenvalue weighted by molar-refractivity contribution is 7.91. The van der Waals surface area contributed by atoms with Gasteiger partial charge in [-0.05, 0) is 48.2 Å². The molecule has 0 amide bonds. The Bertz CT molecular complexity index is 804. The van der Waals surface area contributed by atoms with Crippen LogP contribution in [0.5, 0.6) is 0 Å². The molecule has 122 valence electrons. The van der Waals surface area contributed by atoms with Gasteiger partial charge in [0.15, 0.2) is 0 Å². The first kappa shape index (κ1) is 15.8. The highest BCUT2D eigenvalue weighted by atomic mass is 32.2. The third kappa shape index (κ3) is 3.82. The standard InChI is InChI=1S/C17H19FN2O2S/c1-20-10-2-3-14-6-9-16(11-17(14)20)19-23(21,22)12-13-4-7-15(18)8-5-13/h4-9,11,19H,2-3,10,12H2,1H3. The number of fused-ring (bicyclic) bond motifs is 1. The Labute approximate surface area is 136 Å². The fourth-order valence-corrected chi connectivity index (χ4v) is 4.03. The van der Waals surface area contributed by atoms with Crippen LogP contribution in [-0.2, 0) is 22.2 Å². The van der Waals surface area contributed by atoms with Crippen LogP contribution in [-0.4, -0.2) is 22.0 Å². The van der Waals surface area contributed by atoms with E-state index in [-0.39, 0.29) is 11.6 Å². The van der Waals surface area contributed by atoms with Crippen LogP contribution in [0.2, 0.25) is 0 Å². The molecule has 23 heavy (non-hydrogen) atoms. The van der Waals surface area contributed by atoms with Gasteiger partial charge in [-0.2, -0.15) is 0 Å². The van der Waals surface area contributed by atoms with Crippen molar-refractivity contribution in [2.45, 2.75) is 18.6 Å². The molecule has 2 aromatic rings. The zero-order valence-corrected chi connectivity index (χ0v) is 13.7. The van der Waals surface area contributed by atoms with Gasteiger partial charge in [0.2, 0.25) is 10.0 Å². The predicted octanol–water partition coefficient (Wildman–Crippen LogP) is 3.15. The summed E-state index contributed by atoms with van der Waals surface area (Å²) < 4.78 is 40.1. The minimum absolute atomic E-state index is 0.180. The minimum Gasteiger partial charge on any atom is -0.374 e. The fraction of sp³-hybridized carbons (Fsp3) is 0.294. The molecular weight excluding hydrogens is 315 g/mol. The van der Waals surface area contributed by atoms with Crippen molar-refractivity contribution in [2.75, 3.05) is 23.2 Å². The van der Waals surface area contributed by atoms with Crippen molar-refractivity contribution in [3.8, 4) is 0 Å². The summed E-state index contributed by atoms with van der Waals surface area (Å²) in [5.41, 5.74) is 3.41. The van der Waals surface area contributed by atoms with E-state index in [1.54, 1.807) is 6.07 Å². The number of nitrogens with one attached hydrogen (secondary N) is 1. The minimum atomic E-state index is -3.54. The zero-order chi connectivity index (χ0) is 16.4. The number of hydrogen-bond donors (Lipinski definition) is 1.